The number of hydrogen-bond acceptors (Lipinski definition) is 7. The van der Waals surface area contributed by atoms with Gasteiger partial charge in [-0.1, -0.05) is 6.07 Å². The number of nitrogens with one attached hydrogen (secondary N) is 2. The van der Waals surface area contributed by atoms with Gasteiger partial charge in [-0.25, -0.2) is 14.3 Å². The average molecular weight is 505 g/mol. The van der Waals surface area contributed by atoms with Gasteiger partial charge in [0.2, 0.25) is 0 Å². The molecule has 0 spiro atoms. The van der Waals surface area contributed by atoms with Gasteiger partial charge < -0.3 is 15.1 Å². The molecule has 2 N–H and O–H groups in total. The summed E-state index contributed by atoms with van der Waals surface area (Å²) < 4.78 is 7.95. The van der Waals surface area contributed by atoms with Crippen LogP contribution in [0.25, 0.3) is 16.7 Å². The molecule has 0 aliphatic heterocycles. The summed E-state index contributed by atoms with van der Waals surface area (Å²) in [6.45, 7) is 2.33. The van der Waals surface area contributed by atoms with Crippen LogP contribution in [-0.4, -0.2) is 43.3 Å². The number of amides is 2. The summed E-state index contributed by atoms with van der Waals surface area (Å²) in [6.07, 6.45) is 5.01. The molecule has 3 heterocycles. The number of fused-ring (bicyclic) bond motifs is 2. The monoisotopic (exact) mass is 504 g/mol. The second kappa shape index (κ2) is 10.00. The van der Waals surface area contributed by atoms with Gasteiger partial charge in [-0.05, 0) is 56.2 Å². The molecule has 0 bridgehead atoms. The molecule has 11 heteroatoms. The SMILES string of the molecule is CC(=O)C1CCC(CNC(=O)c2cc(C(=O)NCc3ccc4oc(=O)n(C)c4c3)nc3ccnn23)CC1. The highest BCUT2D eigenvalue weighted by atomic mass is 16.4. The zero-order chi connectivity index (χ0) is 26.1. The molecule has 192 valence electrons. The van der Waals surface area contributed by atoms with Gasteiger partial charge in [0.05, 0.1) is 11.7 Å². The van der Waals surface area contributed by atoms with Crippen LogP contribution in [-0.2, 0) is 18.4 Å². The molecule has 1 saturated carbocycles. The number of aromatic nitrogens is 4. The Morgan fingerprint density at radius 2 is 1.84 bits per heavy atom. The number of benzene rings is 1. The number of Topliss-reactive ketones (excluding diaryl/α,β-unsaturated/α-hetero) is 1. The molecule has 0 atom stereocenters. The summed E-state index contributed by atoms with van der Waals surface area (Å²) in [4.78, 5) is 53.7. The maximum Gasteiger partial charge on any atom is 0.419 e. The van der Waals surface area contributed by atoms with E-state index in [1.807, 2.05) is 0 Å². The first-order chi connectivity index (χ1) is 17.8. The molecule has 1 aromatic carbocycles. The number of hydrogen-bond donors (Lipinski definition) is 2. The van der Waals surface area contributed by atoms with Crippen molar-refractivity contribution in [3.63, 3.8) is 0 Å². The van der Waals surface area contributed by atoms with E-state index >= 15 is 0 Å². The summed E-state index contributed by atoms with van der Waals surface area (Å²) in [6, 6.07) is 8.28. The standard InChI is InChI=1S/C26H28N6O5/c1-15(33)18-6-3-16(4-7-18)13-28-25(35)21-12-19(30-23-9-10-29-32(21)23)24(34)27-14-17-5-8-22-20(11-17)31(2)26(36)37-22/h5,8-12,16,18H,3-4,6-7,13-14H2,1-2H3,(H,27,34)(H,28,35). The van der Waals surface area contributed by atoms with Gasteiger partial charge in [0.1, 0.15) is 17.2 Å². The third-order valence-electron chi connectivity index (χ3n) is 7.11. The second-order valence-electron chi connectivity index (χ2n) is 9.58. The Morgan fingerprint density at radius 3 is 2.59 bits per heavy atom. The average Bonchev–Trinajstić information content (AvgIpc) is 3.49. The number of aryl methyl sites for hydroxylation is 1. The van der Waals surface area contributed by atoms with Gasteiger partial charge in [-0.2, -0.15) is 5.10 Å². The van der Waals surface area contributed by atoms with Crippen molar-refractivity contribution in [1.29, 1.82) is 0 Å². The van der Waals surface area contributed by atoms with Gasteiger partial charge in [-0.3, -0.25) is 19.0 Å². The third-order valence-corrected chi connectivity index (χ3v) is 7.11. The van der Waals surface area contributed by atoms with Crippen LogP contribution < -0.4 is 16.4 Å². The van der Waals surface area contributed by atoms with Crippen molar-refractivity contribution in [3.8, 4) is 0 Å². The molecular formula is C26H28N6O5. The van der Waals surface area contributed by atoms with Crippen LogP contribution in [0.1, 0.15) is 59.1 Å². The summed E-state index contributed by atoms with van der Waals surface area (Å²) in [5.41, 5.74) is 2.57. The molecular weight excluding hydrogens is 476 g/mol. The Morgan fingerprint density at radius 1 is 1.05 bits per heavy atom. The maximum absolute atomic E-state index is 13.1. The molecule has 0 unspecified atom stereocenters. The Hall–Kier alpha value is -4.28. The summed E-state index contributed by atoms with van der Waals surface area (Å²) in [7, 11) is 1.62. The van der Waals surface area contributed by atoms with E-state index in [0.717, 1.165) is 31.2 Å². The molecule has 1 fully saturated rings. The topological polar surface area (TPSA) is 141 Å². The quantitative estimate of drug-likeness (QED) is 0.393. The molecule has 2 amide bonds. The predicted octanol–water partition coefficient (Wildman–Crippen LogP) is 2.23. The zero-order valence-electron chi connectivity index (χ0n) is 20.7. The van der Waals surface area contributed by atoms with E-state index in [-0.39, 0.29) is 35.5 Å². The molecule has 11 nitrogen and oxygen atoms in total. The highest BCUT2D eigenvalue weighted by Gasteiger charge is 2.25. The van der Waals surface area contributed by atoms with E-state index in [2.05, 4.69) is 20.7 Å². The first-order valence-electron chi connectivity index (χ1n) is 12.3. The Balaban J connectivity index is 1.27. The van der Waals surface area contributed by atoms with Crippen LogP contribution in [0.5, 0.6) is 0 Å². The van der Waals surface area contributed by atoms with Gasteiger partial charge in [0, 0.05) is 38.2 Å². The summed E-state index contributed by atoms with van der Waals surface area (Å²) in [5.74, 6) is -0.565. The van der Waals surface area contributed by atoms with Crippen molar-refractivity contribution in [2.24, 2.45) is 18.9 Å². The zero-order valence-corrected chi connectivity index (χ0v) is 20.7. The van der Waals surface area contributed by atoms with Crippen molar-refractivity contribution in [2.75, 3.05) is 6.54 Å². The lowest BCUT2D eigenvalue weighted by molar-refractivity contribution is -0.121. The van der Waals surface area contributed by atoms with Crippen LogP contribution in [0.2, 0.25) is 0 Å². The Bertz CT molecular complexity index is 1560. The highest BCUT2D eigenvalue weighted by molar-refractivity contribution is 5.98. The lowest BCUT2D eigenvalue weighted by Crippen LogP contribution is -2.33. The molecule has 3 aromatic heterocycles. The smallest absolute Gasteiger partial charge is 0.408 e. The van der Waals surface area contributed by atoms with Crippen LogP contribution in [0, 0.1) is 11.8 Å². The van der Waals surface area contributed by atoms with E-state index in [9.17, 15) is 19.2 Å². The van der Waals surface area contributed by atoms with Crippen LogP contribution >= 0.6 is 0 Å². The molecule has 1 aliphatic rings. The minimum Gasteiger partial charge on any atom is -0.408 e. The van der Waals surface area contributed by atoms with Crippen molar-refractivity contribution in [1.82, 2.24) is 29.8 Å². The van der Waals surface area contributed by atoms with E-state index in [0.29, 0.717) is 29.2 Å². The first-order valence-corrected chi connectivity index (χ1v) is 12.3. The minimum absolute atomic E-state index is 0.0944. The lowest BCUT2D eigenvalue weighted by Gasteiger charge is -2.27. The molecule has 0 saturated heterocycles. The largest absolute Gasteiger partial charge is 0.419 e. The number of rotatable bonds is 7. The second-order valence-corrected chi connectivity index (χ2v) is 9.58. The van der Waals surface area contributed by atoms with Gasteiger partial charge >= 0.3 is 5.76 Å². The number of carbonyl (C=O) groups excluding carboxylic acids is 3. The predicted molar refractivity (Wildman–Crippen MR) is 134 cm³/mol. The molecule has 1 aliphatic carbocycles. The highest BCUT2D eigenvalue weighted by Crippen LogP contribution is 2.29. The number of carbonyl (C=O) groups is 3. The normalized spacial score (nSPS) is 17.7. The van der Waals surface area contributed by atoms with Gasteiger partial charge in [0.25, 0.3) is 11.8 Å². The Kier molecular flexibility index (Phi) is 6.60. The molecule has 5 rings (SSSR count). The number of ketones is 1. The molecule has 4 aromatic rings. The van der Waals surface area contributed by atoms with Crippen molar-refractivity contribution >= 4 is 34.3 Å². The van der Waals surface area contributed by atoms with Crippen molar-refractivity contribution in [3.05, 3.63) is 64.0 Å². The molecule has 37 heavy (non-hydrogen) atoms. The van der Waals surface area contributed by atoms with E-state index in [4.69, 9.17) is 4.42 Å². The lowest BCUT2D eigenvalue weighted by atomic mass is 9.80. The fourth-order valence-corrected chi connectivity index (χ4v) is 4.85. The van der Waals surface area contributed by atoms with Gasteiger partial charge in [-0.15, -0.1) is 0 Å². The Labute approximate surface area is 211 Å². The maximum atomic E-state index is 13.1. The summed E-state index contributed by atoms with van der Waals surface area (Å²) >= 11 is 0. The fourth-order valence-electron chi connectivity index (χ4n) is 4.85. The molecule has 0 radical (unpaired) electrons. The van der Waals surface area contributed by atoms with Crippen LogP contribution in [0.3, 0.4) is 0 Å². The minimum atomic E-state index is -0.455. The van der Waals surface area contributed by atoms with Crippen LogP contribution in [0.15, 0.2) is 45.7 Å². The number of oxazole rings is 1. The third kappa shape index (κ3) is 5.02. The van der Waals surface area contributed by atoms with E-state index in [1.54, 1.807) is 38.2 Å². The van der Waals surface area contributed by atoms with Crippen molar-refractivity contribution < 1.29 is 18.8 Å². The van der Waals surface area contributed by atoms with Crippen molar-refractivity contribution in [2.45, 2.75) is 39.2 Å². The summed E-state index contributed by atoms with van der Waals surface area (Å²) in [5, 5.41) is 9.96. The number of nitrogens with zero attached hydrogens (tertiary/aromatic N) is 4. The van der Waals surface area contributed by atoms with Crippen LogP contribution in [0.4, 0.5) is 0 Å². The van der Waals surface area contributed by atoms with Gasteiger partial charge in [0.15, 0.2) is 11.2 Å². The van der Waals surface area contributed by atoms with E-state index in [1.165, 1.54) is 21.3 Å². The fraction of sp³-hybridized carbons (Fsp3) is 0.385. The van der Waals surface area contributed by atoms with E-state index < -0.39 is 11.7 Å². The first kappa shape index (κ1) is 24.4.